The molecule has 1 saturated heterocycles. The minimum atomic E-state index is -0.784. The van der Waals surface area contributed by atoms with Crippen LogP contribution in [-0.2, 0) is 9.59 Å². The van der Waals surface area contributed by atoms with Crippen molar-refractivity contribution in [2.45, 2.75) is 46.1 Å². The van der Waals surface area contributed by atoms with Crippen molar-refractivity contribution in [1.29, 1.82) is 0 Å². The summed E-state index contributed by atoms with van der Waals surface area (Å²) in [6, 6.07) is 10.7. The average Bonchev–Trinajstić information content (AvgIpc) is 3.06. The maximum atomic E-state index is 13.1. The quantitative estimate of drug-likeness (QED) is 0.232. The van der Waals surface area contributed by atoms with E-state index in [1.54, 1.807) is 43.3 Å². The predicted octanol–water partition coefficient (Wildman–Crippen LogP) is 4.80. The predicted molar refractivity (Wildman–Crippen MR) is 125 cm³/mol. The number of carbonyl (C=O) groups excluding carboxylic acids is 2. The Bertz CT molecular complexity index is 1030. The first-order valence-electron chi connectivity index (χ1n) is 11.4. The lowest BCUT2D eigenvalue weighted by atomic mass is 9.95. The van der Waals surface area contributed by atoms with E-state index in [2.05, 4.69) is 6.92 Å². The second kappa shape index (κ2) is 10.9. The van der Waals surface area contributed by atoms with Crippen LogP contribution in [0.3, 0.4) is 0 Å². The first-order chi connectivity index (χ1) is 15.9. The highest BCUT2D eigenvalue weighted by molar-refractivity contribution is 6.46. The first-order valence-corrected chi connectivity index (χ1v) is 11.4. The number of benzene rings is 2. The van der Waals surface area contributed by atoms with Gasteiger partial charge in [0.2, 0.25) is 0 Å². The molecular weight excluding hydrogens is 422 g/mol. The summed E-state index contributed by atoms with van der Waals surface area (Å²) in [5, 5.41) is 21.3. The summed E-state index contributed by atoms with van der Waals surface area (Å²) in [5.41, 5.74) is 1.02. The van der Waals surface area contributed by atoms with Crippen molar-refractivity contribution in [3.8, 4) is 17.2 Å². The van der Waals surface area contributed by atoms with Gasteiger partial charge in [0.05, 0.1) is 24.8 Å². The van der Waals surface area contributed by atoms with Gasteiger partial charge in [-0.3, -0.25) is 9.59 Å². The van der Waals surface area contributed by atoms with Crippen molar-refractivity contribution in [2.75, 3.05) is 19.8 Å². The smallest absolute Gasteiger partial charge is 0.295 e. The molecule has 1 aliphatic rings. The van der Waals surface area contributed by atoms with Gasteiger partial charge in [-0.25, -0.2) is 0 Å². The first kappa shape index (κ1) is 24.2. The minimum Gasteiger partial charge on any atom is -0.507 e. The van der Waals surface area contributed by atoms with E-state index in [1.807, 2.05) is 6.92 Å². The second-order valence-electron chi connectivity index (χ2n) is 7.82. The standard InChI is InChI=1S/C26H31NO6/c1-4-7-8-15-27-23(18-11-14-20(28)21(16-18)33-6-3)22(25(30)26(27)31)24(29)17-9-12-19(13-10-17)32-5-2/h9-14,16,23,28-29H,4-8,15H2,1-3H3/b24-22-. The lowest BCUT2D eigenvalue weighted by molar-refractivity contribution is -0.139. The molecule has 2 N–H and O–H groups in total. The number of Topliss-reactive ketones (excluding diaryl/α,β-unsaturated/α-hetero) is 1. The maximum absolute atomic E-state index is 13.1. The van der Waals surface area contributed by atoms with Crippen LogP contribution in [0.25, 0.3) is 5.76 Å². The Morgan fingerprint density at radius 1 is 0.970 bits per heavy atom. The van der Waals surface area contributed by atoms with E-state index in [0.29, 0.717) is 36.6 Å². The molecule has 7 heteroatoms. The molecule has 1 atom stereocenters. The highest BCUT2D eigenvalue weighted by Gasteiger charge is 2.46. The van der Waals surface area contributed by atoms with E-state index in [4.69, 9.17) is 9.47 Å². The number of rotatable bonds is 10. The van der Waals surface area contributed by atoms with Crippen LogP contribution in [0.2, 0.25) is 0 Å². The van der Waals surface area contributed by atoms with Crippen LogP contribution in [0.5, 0.6) is 17.2 Å². The van der Waals surface area contributed by atoms with Gasteiger partial charge in [-0.15, -0.1) is 0 Å². The Morgan fingerprint density at radius 2 is 1.67 bits per heavy atom. The van der Waals surface area contributed by atoms with Gasteiger partial charge in [-0.1, -0.05) is 25.8 Å². The highest BCUT2D eigenvalue weighted by atomic mass is 16.5. The molecule has 1 amide bonds. The van der Waals surface area contributed by atoms with Crippen LogP contribution < -0.4 is 9.47 Å². The summed E-state index contributed by atoms with van der Waals surface area (Å²) in [6.07, 6.45) is 2.61. The lowest BCUT2D eigenvalue weighted by Gasteiger charge is -2.26. The number of aromatic hydroxyl groups is 1. The van der Waals surface area contributed by atoms with Gasteiger partial charge < -0.3 is 24.6 Å². The summed E-state index contributed by atoms with van der Waals surface area (Å²) in [7, 11) is 0. The Hall–Kier alpha value is -3.48. The third-order valence-electron chi connectivity index (χ3n) is 5.58. The fourth-order valence-corrected chi connectivity index (χ4v) is 3.99. The van der Waals surface area contributed by atoms with Gasteiger partial charge in [0.15, 0.2) is 11.5 Å². The van der Waals surface area contributed by atoms with Gasteiger partial charge in [0, 0.05) is 12.1 Å². The average molecular weight is 454 g/mol. The number of ketones is 1. The molecule has 1 fully saturated rings. The molecule has 1 unspecified atom stereocenters. The van der Waals surface area contributed by atoms with Crippen molar-refractivity contribution < 1.29 is 29.3 Å². The number of phenolic OH excluding ortho intramolecular Hbond substituents is 1. The molecule has 0 aliphatic carbocycles. The van der Waals surface area contributed by atoms with Crippen molar-refractivity contribution in [2.24, 2.45) is 0 Å². The zero-order chi connectivity index (χ0) is 24.0. The van der Waals surface area contributed by atoms with Gasteiger partial charge in [0.25, 0.3) is 11.7 Å². The number of aliphatic hydroxyl groups is 1. The molecule has 33 heavy (non-hydrogen) atoms. The highest BCUT2D eigenvalue weighted by Crippen LogP contribution is 2.42. The van der Waals surface area contributed by atoms with Crippen LogP contribution in [0, 0.1) is 0 Å². The molecule has 0 aromatic heterocycles. The topological polar surface area (TPSA) is 96.3 Å². The number of ether oxygens (including phenoxy) is 2. The zero-order valence-corrected chi connectivity index (χ0v) is 19.3. The van der Waals surface area contributed by atoms with E-state index in [-0.39, 0.29) is 22.8 Å². The Morgan fingerprint density at radius 3 is 2.30 bits per heavy atom. The van der Waals surface area contributed by atoms with Crippen molar-refractivity contribution in [3.05, 3.63) is 59.2 Å². The number of hydrogen-bond acceptors (Lipinski definition) is 6. The van der Waals surface area contributed by atoms with Gasteiger partial charge in [0.1, 0.15) is 11.5 Å². The Labute approximate surface area is 194 Å². The number of likely N-dealkylation sites (tertiary alicyclic amines) is 1. The van der Waals surface area contributed by atoms with E-state index in [9.17, 15) is 19.8 Å². The number of carbonyl (C=O) groups is 2. The van der Waals surface area contributed by atoms with Crippen molar-refractivity contribution in [1.82, 2.24) is 4.90 Å². The lowest BCUT2D eigenvalue weighted by Crippen LogP contribution is -2.30. The van der Waals surface area contributed by atoms with Crippen LogP contribution in [0.4, 0.5) is 0 Å². The maximum Gasteiger partial charge on any atom is 0.295 e. The fourth-order valence-electron chi connectivity index (χ4n) is 3.99. The van der Waals surface area contributed by atoms with Gasteiger partial charge >= 0.3 is 0 Å². The molecular formula is C26H31NO6. The third kappa shape index (κ3) is 5.13. The summed E-state index contributed by atoms with van der Waals surface area (Å²) in [4.78, 5) is 27.6. The third-order valence-corrected chi connectivity index (χ3v) is 5.58. The van der Waals surface area contributed by atoms with Crippen LogP contribution in [-0.4, -0.2) is 46.6 Å². The molecule has 1 heterocycles. The normalized spacial score (nSPS) is 17.4. The number of aliphatic hydroxyl groups excluding tert-OH is 1. The van der Waals surface area contributed by atoms with Crippen molar-refractivity contribution in [3.63, 3.8) is 0 Å². The largest absolute Gasteiger partial charge is 0.507 e. The fraction of sp³-hybridized carbons (Fsp3) is 0.385. The van der Waals surface area contributed by atoms with Crippen LogP contribution >= 0.6 is 0 Å². The second-order valence-corrected chi connectivity index (χ2v) is 7.82. The monoisotopic (exact) mass is 453 g/mol. The summed E-state index contributed by atoms with van der Waals surface area (Å²) in [5.74, 6) is -0.746. The molecule has 0 saturated carbocycles. The molecule has 7 nitrogen and oxygen atoms in total. The molecule has 0 bridgehead atoms. The molecule has 2 aromatic rings. The van der Waals surface area contributed by atoms with E-state index in [1.165, 1.54) is 11.0 Å². The molecule has 3 rings (SSSR count). The molecule has 2 aromatic carbocycles. The number of nitrogens with zero attached hydrogens (tertiary/aromatic N) is 1. The molecule has 0 spiro atoms. The molecule has 176 valence electrons. The van der Waals surface area contributed by atoms with Crippen LogP contribution in [0.15, 0.2) is 48.0 Å². The Kier molecular flexibility index (Phi) is 7.98. The zero-order valence-electron chi connectivity index (χ0n) is 19.3. The van der Waals surface area contributed by atoms with E-state index < -0.39 is 17.7 Å². The van der Waals surface area contributed by atoms with Gasteiger partial charge in [-0.2, -0.15) is 0 Å². The molecule has 0 radical (unpaired) electrons. The van der Waals surface area contributed by atoms with Crippen molar-refractivity contribution >= 4 is 17.4 Å². The van der Waals surface area contributed by atoms with Gasteiger partial charge in [-0.05, 0) is 62.2 Å². The minimum absolute atomic E-state index is 0.0220. The number of hydrogen-bond donors (Lipinski definition) is 2. The number of unbranched alkanes of at least 4 members (excludes halogenated alkanes) is 2. The SMILES string of the molecule is CCCCCN1C(=O)C(=O)/C(=C(\O)c2ccc(OCC)cc2)C1c1ccc(O)c(OCC)c1. The van der Waals surface area contributed by atoms with E-state index >= 15 is 0 Å². The summed E-state index contributed by atoms with van der Waals surface area (Å²) in [6.45, 7) is 6.98. The number of phenols is 1. The van der Waals surface area contributed by atoms with Crippen LogP contribution in [0.1, 0.15) is 57.2 Å². The molecule has 1 aliphatic heterocycles. The Balaban J connectivity index is 2.11. The number of amides is 1. The summed E-state index contributed by atoms with van der Waals surface area (Å²) < 4.78 is 11.0. The van der Waals surface area contributed by atoms with E-state index in [0.717, 1.165) is 19.3 Å². The summed E-state index contributed by atoms with van der Waals surface area (Å²) >= 11 is 0.